The molecular weight excluding hydrogens is 232 g/mol. The molecule has 1 rings (SSSR count). The van der Waals surface area contributed by atoms with Crippen LogP contribution in [0.1, 0.15) is 6.42 Å². The van der Waals surface area contributed by atoms with Gasteiger partial charge >= 0.3 is 0 Å². The normalized spacial score (nSPS) is 20.4. The van der Waals surface area contributed by atoms with E-state index in [1.54, 1.807) is 11.9 Å². The van der Waals surface area contributed by atoms with Gasteiger partial charge in [-0.05, 0) is 7.05 Å². The van der Waals surface area contributed by atoms with Crippen LogP contribution in [0.4, 0.5) is 0 Å². The topological polar surface area (TPSA) is 68.6 Å². The monoisotopic (exact) mass is 254 g/mol. The number of carbonyl (C=O) groups is 1. The average Bonchev–Trinajstić information content (AvgIpc) is 2.35. The number of hydrogen-bond acceptors (Lipinski definition) is 5. The van der Waals surface area contributed by atoms with Crippen LogP contribution in [0.5, 0.6) is 0 Å². The molecule has 0 aromatic rings. The number of likely N-dealkylation sites (N-methyl/N-ethyl adjacent to an activating group) is 2. The first-order valence-electron chi connectivity index (χ1n) is 6.25. The standard InChI is InChI=1S/C12H22N4O2/c1-15-6-7-18-11(10-15)8-14-9-12(17)16(2)5-3-4-13/h11,14H,3,5-10H2,1-2H3/t11-/m0/s1. The molecule has 1 N–H and O–H groups in total. The zero-order valence-corrected chi connectivity index (χ0v) is 11.2. The Bertz CT molecular complexity index is 303. The van der Waals surface area contributed by atoms with E-state index < -0.39 is 0 Å². The lowest BCUT2D eigenvalue weighted by atomic mass is 10.3. The molecule has 0 spiro atoms. The first kappa shape index (κ1) is 14.9. The Morgan fingerprint density at radius 3 is 3.11 bits per heavy atom. The summed E-state index contributed by atoms with van der Waals surface area (Å²) in [5, 5.41) is 11.6. The van der Waals surface area contributed by atoms with Gasteiger partial charge in [-0.1, -0.05) is 0 Å². The highest BCUT2D eigenvalue weighted by atomic mass is 16.5. The lowest BCUT2D eigenvalue weighted by Crippen LogP contribution is -2.46. The molecule has 1 atom stereocenters. The summed E-state index contributed by atoms with van der Waals surface area (Å²) in [4.78, 5) is 15.5. The van der Waals surface area contributed by atoms with Crippen molar-refractivity contribution < 1.29 is 9.53 Å². The Morgan fingerprint density at radius 1 is 1.67 bits per heavy atom. The third-order valence-electron chi connectivity index (χ3n) is 2.97. The van der Waals surface area contributed by atoms with Crippen LogP contribution in [0.2, 0.25) is 0 Å². The van der Waals surface area contributed by atoms with E-state index in [1.165, 1.54) is 0 Å². The molecule has 1 aliphatic heterocycles. The van der Waals surface area contributed by atoms with Crippen molar-refractivity contribution in [2.45, 2.75) is 12.5 Å². The number of ether oxygens (including phenoxy) is 1. The third kappa shape index (κ3) is 5.45. The van der Waals surface area contributed by atoms with Crippen LogP contribution in [0, 0.1) is 11.3 Å². The van der Waals surface area contributed by atoms with Crippen LogP contribution in [0.25, 0.3) is 0 Å². The van der Waals surface area contributed by atoms with Gasteiger partial charge in [-0.15, -0.1) is 0 Å². The molecule has 1 aliphatic rings. The first-order chi connectivity index (χ1) is 8.63. The van der Waals surface area contributed by atoms with Gasteiger partial charge in [0.1, 0.15) is 0 Å². The Kier molecular flexibility index (Phi) is 6.65. The molecular formula is C12H22N4O2. The Labute approximate surface area is 108 Å². The van der Waals surface area contributed by atoms with Crippen LogP contribution in [0.3, 0.4) is 0 Å². The van der Waals surface area contributed by atoms with E-state index in [0.717, 1.165) is 19.7 Å². The lowest BCUT2D eigenvalue weighted by Gasteiger charge is -2.30. The average molecular weight is 254 g/mol. The minimum Gasteiger partial charge on any atom is -0.374 e. The molecule has 1 fully saturated rings. The Morgan fingerprint density at radius 2 is 2.44 bits per heavy atom. The summed E-state index contributed by atoms with van der Waals surface area (Å²) >= 11 is 0. The van der Waals surface area contributed by atoms with Crippen LogP contribution in [-0.2, 0) is 9.53 Å². The fourth-order valence-corrected chi connectivity index (χ4v) is 1.81. The minimum atomic E-state index is 0.00872. The van der Waals surface area contributed by atoms with E-state index in [2.05, 4.69) is 17.3 Å². The third-order valence-corrected chi connectivity index (χ3v) is 2.97. The molecule has 0 bridgehead atoms. The van der Waals surface area contributed by atoms with E-state index in [-0.39, 0.29) is 12.0 Å². The van der Waals surface area contributed by atoms with Gasteiger partial charge in [-0.2, -0.15) is 5.26 Å². The highest BCUT2D eigenvalue weighted by Crippen LogP contribution is 2.01. The molecule has 0 saturated carbocycles. The molecule has 1 heterocycles. The largest absolute Gasteiger partial charge is 0.374 e. The van der Waals surface area contributed by atoms with Crippen molar-refractivity contribution in [1.29, 1.82) is 5.26 Å². The van der Waals surface area contributed by atoms with Crippen molar-refractivity contribution in [3.63, 3.8) is 0 Å². The maximum atomic E-state index is 11.7. The maximum Gasteiger partial charge on any atom is 0.236 e. The number of nitrogens with one attached hydrogen (secondary N) is 1. The second-order valence-electron chi connectivity index (χ2n) is 4.61. The fourth-order valence-electron chi connectivity index (χ4n) is 1.81. The zero-order chi connectivity index (χ0) is 13.4. The molecule has 6 heteroatoms. The molecule has 102 valence electrons. The van der Waals surface area contributed by atoms with Crippen LogP contribution < -0.4 is 5.32 Å². The molecule has 0 radical (unpaired) electrons. The Balaban J connectivity index is 2.13. The predicted molar refractivity (Wildman–Crippen MR) is 68.0 cm³/mol. The van der Waals surface area contributed by atoms with Gasteiger partial charge in [0.05, 0.1) is 31.7 Å². The van der Waals surface area contributed by atoms with E-state index >= 15 is 0 Å². The maximum absolute atomic E-state index is 11.7. The molecule has 0 aromatic carbocycles. The smallest absolute Gasteiger partial charge is 0.236 e. The highest BCUT2D eigenvalue weighted by molar-refractivity contribution is 5.77. The predicted octanol–water partition coefficient (Wildman–Crippen LogP) is -0.721. The molecule has 1 saturated heterocycles. The van der Waals surface area contributed by atoms with Crippen LogP contribution in [-0.4, -0.2) is 75.2 Å². The number of amides is 1. The molecule has 0 aromatic heterocycles. The van der Waals surface area contributed by atoms with Gasteiger partial charge in [0, 0.05) is 33.2 Å². The summed E-state index contributed by atoms with van der Waals surface area (Å²) in [6, 6.07) is 2.03. The summed E-state index contributed by atoms with van der Waals surface area (Å²) < 4.78 is 5.58. The van der Waals surface area contributed by atoms with Crippen LogP contribution in [0.15, 0.2) is 0 Å². The lowest BCUT2D eigenvalue weighted by molar-refractivity contribution is -0.129. The van der Waals surface area contributed by atoms with E-state index in [0.29, 0.717) is 26.1 Å². The van der Waals surface area contributed by atoms with Gasteiger partial charge in [-0.3, -0.25) is 4.79 Å². The molecule has 6 nitrogen and oxygen atoms in total. The van der Waals surface area contributed by atoms with Crippen molar-refractivity contribution >= 4 is 5.91 Å². The highest BCUT2D eigenvalue weighted by Gasteiger charge is 2.17. The summed E-state index contributed by atoms with van der Waals surface area (Å²) in [6.07, 6.45) is 0.527. The van der Waals surface area contributed by atoms with Gasteiger partial charge in [0.15, 0.2) is 0 Å². The van der Waals surface area contributed by atoms with Gasteiger partial charge in [0.25, 0.3) is 0 Å². The number of morpholine rings is 1. The van der Waals surface area contributed by atoms with Crippen molar-refractivity contribution in [3.8, 4) is 6.07 Å². The molecule has 0 aliphatic carbocycles. The van der Waals surface area contributed by atoms with Gasteiger partial charge in [-0.25, -0.2) is 0 Å². The van der Waals surface area contributed by atoms with Crippen molar-refractivity contribution in [3.05, 3.63) is 0 Å². The quantitative estimate of drug-likeness (QED) is 0.677. The van der Waals surface area contributed by atoms with Crippen molar-refractivity contribution in [2.75, 3.05) is 53.4 Å². The Hall–Kier alpha value is -1.16. The number of carbonyl (C=O) groups excluding carboxylic acids is 1. The second-order valence-corrected chi connectivity index (χ2v) is 4.61. The SMILES string of the molecule is CN1CCO[C@@H](CNCC(=O)N(C)CCC#N)C1. The van der Waals surface area contributed by atoms with Crippen molar-refractivity contribution in [2.24, 2.45) is 0 Å². The molecule has 1 amide bonds. The van der Waals surface area contributed by atoms with Crippen LogP contribution >= 0.6 is 0 Å². The fraction of sp³-hybridized carbons (Fsp3) is 0.833. The van der Waals surface area contributed by atoms with E-state index in [1.807, 2.05) is 6.07 Å². The summed E-state index contributed by atoms with van der Waals surface area (Å²) in [6.45, 7) is 4.07. The number of hydrogen-bond donors (Lipinski definition) is 1. The van der Waals surface area contributed by atoms with E-state index in [9.17, 15) is 4.79 Å². The van der Waals surface area contributed by atoms with Crippen molar-refractivity contribution in [1.82, 2.24) is 15.1 Å². The number of nitrogens with zero attached hydrogens (tertiary/aromatic N) is 3. The second kappa shape index (κ2) is 8.03. The summed E-state index contributed by atoms with van der Waals surface area (Å²) in [7, 11) is 3.78. The number of nitriles is 1. The summed E-state index contributed by atoms with van der Waals surface area (Å²) in [5.41, 5.74) is 0. The molecule has 18 heavy (non-hydrogen) atoms. The molecule has 0 unspecified atom stereocenters. The van der Waals surface area contributed by atoms with Gasteiger partial charge in [0.2, 0.25) is 5.91 Å². The zero-order valence-electron chi connectivity index (χ0n) is 11.2. The number of rotatable bonds is 6. The first-order valence-corrected chi connectivity index (χ1v) is 6.25. The summed E-state index contributed by atoms with van der Waals surface area (Å²) in [5.74, 6) is 0.00872. The van der Waals surface area contributed by atoms with Gasteiger partial charge < -0.3 is 19.9 Å². The minimum absolute atomic E-state index is 0.00872. The van der Waals surface area contributed by atoms with E-state index in [4.69, 9.17) is 10.00 Å².